The van der Waals surface area contributed by atoms with Crippen molar-refractivity contribution in [3.05, 3.63) is 0 Å². The molecule has 0 aliphatic heterocycles. The number of rotatable bonds is 1. The van der Waals surface area contributed by atoms with Gasteiger partial charge in [0.1, 0.15) is 5.78 Å². The number of aliphatic hydroxyl groups is 1. The Kier molecular flexibility index (Phi) is 5.92. The second-order valence-electron chi connectivity index (χ2n) is 4.61. The average Bonchev–Trinajstić information content (AvgIpc) is 2.03. The van der Waals surface area contributed by atoms with Crippen molar-refractivity contribution in [3.8, 4) is 0 Å². The molecule has 86 valence electrons. The van der Waals surface area contributed by atoms with Gasteiger partial charge in [0.2, 0.25) is 0 Å². The lowest BCUT2D eigenvalue weighted by molar-refractivity contribution is -0.121. The first-order valence-corrected chi connectivity index (χ1v) is 4.96. The zero-order chi connectivity index (χ0) is 11.2. The van der Waals surface area contributed by atoms with E-state index in [9.17, 15) is 4.79 Å². The minimum atomic E-state index is -0.500. The van der Waals surface area contributed by atoms with Crippen LogP contribution < -0.4 is 5.48 Å². The van der Waals surface area contributed by atoms with Gasteiger partial charge >= 0.3 is 0 Å². The number of hydroxylamine groups is 1. The van der Waals surface area contributed by atoms with Crippen LogP contribution in [0.15, 0.2) is 0 Å². The molecule has 0 heterocycles. The first-order chi connectivity index (χ1) is 6.33. The van der Waals surface area contributed by atoms with Gasteiger partial charge in [-0.1, -0.05) is 0 Å². The van der Waals surface area contributed by atoms with E-state index in [1.54, 1.807) is 20.8 Å². The third kappa shape index (κ3) is 9.64. The number of hydrogen-bond donors (Lipinski definition) is 3. The molecular formula is C10H23NO3. The van der Waals surface area contributed by atoms with Crippen molar-refractivity contribution in [2.24, 2.45) is 0 Å². The van der Waals surface area contributed by atoms with E-state index in [4.69, 9.17) is 10.3 Å². The molecular weight excluding hydrogens is 182 g/mol. The first-order valence-electron chi connectivity index (χ1n) is 4.96. The molecule has 1 fully saturated rings. The fourth-order valence-electron chi connectivity index (χ4n) is 1.07. The molecule has 3 N–H and O–H groups in total. The van der Waals surface area contributed by atoms with Crippen molar-refractivity contribution in [1.82, 2.24) is 5.48 Å². The van der Waals surface area contributed by atoms with Gasteiger partial charge in [0.15, 0.2) is 0 Å². The topological polar surface area (TPSA) is 69.6 Å². The van der Waals surface area contributed by atoms with Gasteiger partial charge in [-0.05, 0) is 33.6 Å². The molecule has 0 spiro atoms. The zero-order valence-corrected chi connectivity index (χ0v) is 9.21. The second-order valence-corrected chi connectivity index (χ2v) is 4.61. The normalized spacial score (nSPS) is 18.8. The van der Waals surface area contributed by atoms with Gasteiger partial charge in [-0.25, -0.2) is 5.48 Å². The molecule has 0 aromatic carbocycles. The molecule has 4 nitrogen and oxygen atoms in total. The minimum absolute atomic E-state index is 0. The maximum absolute atomic E-state index is 10.6. The molecule has 0 bridgehead atoms. The molecule has 0 radical (unpaired) electrons. The molecule has 1 aliphatic rings. The highest BCUT2D eigenvalue weighted by molar-refractivity contribution is 5.79. The van der Waals surface area contributed by atoms with Crippen molar-refractivity contribution in [2.75, 3.05) is 0 Å². The lowest BCUT2D eigenvalue weighted by atomic mass is 9.95. The number of hydrogen-bond acceptors (Lipinski definition) is 4. The highest BCUT2D eigenvalue weighted by Gasteiger charge is 2.16. The number of ketones is 1. The van der Waals surface area contributed by atoms with Gasteiger partial charge in [-0.15, -0.1) is 0 Å². The fourth-order valence-corrected chi connectivity index (χ4v) is 1.07. The van der Waals surface area contributed by atoms with Crippen LogP contribution in [-0.4, -0.2) is 27.7 Å². The quantitative estimate of drug-likeness (QED) is 0.567. The lowest BCUT2D eigenvalue weighted by Crippen LogP contribution is -2.30. The van der Waals surface area contributed by atoms with Gasteiger partial charge in [0, 0.05) is 20.3 Å². The number of carbonyl (C=O) groups is 1. The predicted octanol–water partition coefficient (Wildman–Crippen LogP) is 1.50. The van der Waals surface area contributed by atoms with Gasteiger partial charge in [-0.3, -0.25) is 4.79 Å². The number of Topliss-reactive ketones (excluding diaryl/α,β-unsaturated/α-hetero) is 1. The molecule has 14 heavy (non-hydrogen) atoms. The fraction of sp³-hybridized carbons (Fsp3) is 0.900. The molecule has 0 atom stereocenters. The van der Waals surface area contributed by atoms with E-state index in [-0.39, 0.29) is 7.47 Å². The van der Waals surface area contributed by atoms with Gasteiger partial charge in [0.25, 0.3) is 0 Å². The summed E-state index contributed by atoms with van der Waals surface area (Å²) in [6.07, 6.45) is 2.82. The summed E-state index contributed by atoms with van der Waals surface area (Å²) in [5.41, 5.74) is 1.67. The van der Waals surface area contributed by atoms with E-state index >= 15 is 0 Å². The highest BCUT2D eigenvalue weighted by atomic mass is 16.5. The van der Waals surface area contributed by atoms with Crippen LogP contribution >= 0.6 is 0 Å². The third-order valence-electron chi connectivity index (χ3n) is 1.73. The van der Waals surface area contributed by atoms with Crippen LogP contribution in [0.25, 0.3) is 0 Å². The van der Waals surface area contributed by atoms with Crippen LogP contribution in [0.1, 0.15) is 47.9 Å². The van der Waals surface area contributed by atoms with Crippen LogP contribution in [0.5, 0.6) is 0 Å². The summed E-state index contributed by atoms with van der Waals surface area (Å²) in [7, 11) is 0. The molecule has 1 rings (SSSR count). The standard InChI is InChI=1S/C6H11NO2.C4H10O.H2/c8-6-3-1-5(7-9)2-4-6;1-4(2,3)5;/h5,7,9H,1-4H2;5H,1-3H3;1H. The van der Waals surface area contributed by atoms with Crippen LogP contribution in [0, 0.1) is 0 Å². The van der Waals surface area contributed by atoms with E-state index < -0.39 is 5.60 Å². The summed E-state index contributed by atoms with van der Waals surface area (Å²) in [6.45, 7) is 5.23. The Hall–Kier alpha value is -0.450. The smallest absolute Gasteiger partial charge is 0.133 e. The van der Waals surface area contributed by atoms with Gasteiger partial charge < -0.3 is 10.3 Å². The Bertz CT molecular complexity index is 164. The maximum atomic E-state index is 10.6. The van der Waals surface area contributed by atoms with Crippen molar-refractivity contribution in [3.63, 3.8) is 0 Å². The highest BCUT2D eigenvalue weighted by Crippen LogP contribution is 2.13. The maximum Gasteiger partial charge on any atom is 0.133 e. The summed E-state index contributed by atoms with van der Waals surface area (Å²) in [6, 6.07) is 0.155. The van der Waals surface area contributed by atoms with Crippen molar-refractivity contribution >= 4 is 5.78 Å². The van der Waals surface area contributed by atoms with Gasteiger partial charge in [0.05, 0.1) is 5.60 Å². The van der Waals surface area contributed by atoms with Crippen molar-refractivity contribution < 1.29 is 16.5 Å². The van der Waals surface area contributed by atoms with Crippen LogP contribution in [-0.2, 0) is 4.79 Å². The second kappa shape index (κ2) is 6.11. The Morgan fingerprint density at radius 2 is 1.71 bits per heavy atom. The molecule has 1 aliphatic carbocycles. The third-order valence-corrected chi connectivity index (χ3v) is 1.73. The zero-order valence-electron chi connectivity index (χ0n) is 9.21. The monoisotopic (exact) mass is 205 g/mol. The molecule has 4 heteroatoms. The van der Waals surface area contributed by atoms with E-state index in [0.29, 0.717) is 18.6 Å². The van der Waals surface area contributed by atoms with E-state index in [0.717, 1.165) is 12.8 Å². The molecule has 0 aromatic rings. The minimum Gasteiger partial charge on any atom is -0.391 e. The number of nitrogens with one attached hydrogen (secondary N) is 1. The Morgan fingerprint density at radius 3 is 2.00 bits per heavy atom. The largest absolute Gasteiger partial charge is 0.391 e. The molecule has 0 unspecified atom stereocenters. The molecule has 0 amide bonds. The van der Waals surface area contributed by atoms with Crippen LogP contribution in [0.3, 0.4) is 0 Å². The molecule has 1 saturated carbocycles. The molecule has 0 aromatic heterocycles. The van der Waals surface area contributed by atoms with Crippen molar-refractivity contribution in [2.45, 2.75) is 58.1 Å². The summed E-state index contributed by atoms with van der Waals surface area (Å²) < 4.78 is 0. The average molecular weight is 205 g/mol. The van der Waals surface area contributed by atoms with Crippen molar-refractivity contribution in [1.29, 1.82) is 0 Å². The summed E-state index contributed by atoms with van der Waals surface area (Å²) in [4.78, 5) is 10.6. The predicted molar refractivity (Wildman–Crippen MR) is 56.3 cm³/mol. The van der Waals surface area contributed by atoms with E-state index in [1.807, 2.05) is 0 Å². The lowest BCUT2D eigenvalue weighted by Gasteiger charge is -2.18. The summed E-state index contributed by atoms with van der Waals surface area (Å²) >= 11 is 0. The van der Waals surface area contributed by atoms with E-state index in [1.165, 1.54) is 0 Å². The van der Waals surface area contributed by atoms with Crippen LogP contribution in [0.2, 0.25) is 0 Å². The summed E-state index contributed by atoms with van der Waals surface area (Å²) in [5.74, 6) is 0.321. The van der Waals surface area contributed by atoms with Crippen LogP contribution in [0.4, 0.5) is 0 Å². The molecule has 0 saturated heterocycles. The SMILES string of the molecule is CC(C)(C)O.O=C1CCC(NO)CC1.[HH]. The summed E-state index contributed by atoms with van der Waals surface area (Å²) in [5, 5.41) is 16.9. The Labute approximate surface area is 86.8 Å². The first kappa shape index (κ1) is 13.5. The Balaban J connectivity index is 0. The number of carbonyl (C=O) groups excluding carboxylic acids is 1. The van der Waals surface area contributed by atoms with Gasteiger partial charge in [-0.2, -0.15) is 0 Å². The Morgan fingerprint density at radius 1 is 1.36 bits per heavy atom. The van der Waals surface area contributed by atoms with E-state index in [2.05, 4.69) is 5.48 Å².